The van der Waals surface area contributed by atoms with Gasteiger partial charge in [-0.05, 0) is 29.5 Å². The molecule has 1 heterocycles. The van der Waals surface area contributed by atoms with Gasteiger partial charge in [0.05, 0.1) is 6.42 Å². The topological polar surface area (TPSA) is 20.3 Å². The molecule has 92 valence electrons. The van der Waals surface area contributed by atoms with Crippen molar-refractivity contribution in [3.8, 4) is 0 Å². The number of rotatable bonds is 2. The van der Waals surface area contributed by atoms with Crippen molar-refractivity contribution in [2.45, 2.75) is 25.2 Å². The average molecular weight is 249 g/mol. The number of carbonyl (C=O) groups is 1. The van der Waals surface area contributed by atoms with Crippen LogP contribution < -0.4 is 0 Å². The van der Waals surface area contributed by atoms with Crippen LogP contribution >= 0.6 is 12.6 Å². The number of carbonyl (C=O) groups excluding carboxylic acids is 1. The molecule has 2 atom stereocenters. The fourth-order valence-corrected chi connectivity index (χ4v) is 2.38. The summed E-state index contributed by atoms with van der Waals surface area (Å²) in [5, 5.41) is 0. The highest BCUT2D eigenvalue weighted by atomic mass is 32.1. The molecular weight excluding hydrogens is 230 g/mol. The van der Waals surface area contributed by atoms with Crippen LogP contribution in [0.5, 0.6) is 0 Å². The second-order valence-electron chi connectivity index (χ2n) is 5.10. The lowest BCUT2D eigenvalue weighted by Gasteiger charge is -2.16. The second kappa shape index (κ2) is 5.13. The van der Waals surface area contributed by atoms with Gasteiger partial charge >= 0.3 is 0 Å². The lowest BCUT2D eigenvalue weighted by Crippen LogP contribution is -2.30. The van der Waals surface area contributed by atoms with Crippen molar-refractivity contribution in [1.82, 2.24) is 4.90 Å². The third kappa shape index (κ3) is 3.03. The number of hydrogen-bond acceptors (Lipinski definition) is 2. The lowest BCUT2D eigenvalue weighted by atomic mass is 10.0. The van der Waals surface area contributed by atoms with Crippen molar-refractivity contribution in [3.05, 3.63) is 29.8 Å². The first-order valence-corrected chi connectivity index (χ1v) is 6.56. The molecule has 1 aromatic carbocycles. The van der Waals surface area contributed by atoms with E-state index in [1.54, 1.807) is 0 Å². The van der Waals surface area contributed by atoms with Crippen LogP contribution in [-0.2, 0) is 11.2 Å². The summed E-state index contributed by atoms with van der Waals surface area (Å²) < 4.78 is 0. The van der Waals surface area contributed by atoms with Crippen molar-refractivity contribution in [1.29, 1.82) is 0 Å². The van der Waals surface area contributed by atoms with Gasteiger partial charge in [-0.15, -0.1) is 12.6 Å². The highest BCUT2D eigenvalue weighted by Crippen LogP contribution is 2.22. The molecular formula is C14H19NOS. The molecule has 0 radical (unpaired) electrons. The largest absolute Gasteiger partial charge is 0.342 e. The molecule has 0 bridgehead atoms. The molecule has 1 amide bonds. The molecule has 0 spiro atoms. The molecule has 0 aliphatic carbocycles. The molecule has 0 aromatic heterocycles. The lowest BCUT2D eigenvalue weighted by molar-refractivity contribution is -0.129. The smallest absolute Gasteiger partial charge is 0.227 e. The maximum atomic E-state index is 12.1. The maximum Gasteiger partial charge on any atom is 0.227 e. The minimum atomic E-state index is 0.244. The SMILES string of the molecule is CC1CN(C(=O)Cc2ccc(S)cc2)CC1C. The fourth-order valence-electron chi connectivity index (χ4n) is 2.23. The summed E-state index contributed by atoms with van der Waals surface area (Å²) in [6.07, 6.45) is 0.507. The zero-order valence-corrected chi connectivity index (χ0v) is 11.3. The minimum Gasteiger partial charge on any atom is -0.342 e. The molecule has 1 saturated heterocycles. The van der Waals surface area contributed by atoms with Crippen LogP contribution in [0.15, 0.2) is 29.2 Å². The van der Waals surface area contributed by atoms with Crippen LogP contribution in [0.25, 0.3) is 0 Å². The van der Waals surface area contributed by atoms with Crippen molar-refractivity contribution >= 4 is 18.5 Å². The molecule has 0 N–H and O–H groups in total. The Labute approximate surface area is 108 Å². The van der Waals surface area contributed by atoms with Gasteiger partial charge in [-0.25, -0.2) is 0 Å². The average Bonchev–Trinajstić information content (AvgIpc) is 2.63. The van der Waals surface area contributed by atoms with E-state index >= 15 is 0 Å². The van der Waals surface area contributed by atoms with Crippen molar-refractivity contribution in [2.75, 3.05) is 13.1 Å². The summed E-state index contributed by atoms with van der Waals surface area (Å²) in [6.45, 7) is 6.25. The van der Waals surface area contributed by atoms with Crippen LogP contribution in [0.1, 0.15) is 19.4 Å². The van der Waals surface area contributed by atoms with Crippen LogP contribution in [0.2, 0.25) is 0 Å². The van der Waals surface area contributed by atoms with Crippen molar-refractivity contribution in [2.24, 2.45) is 11.8 Å². The summed E-state index contributed by atoms with van der Waals surface area (Å²) in [5.74, 6) is 1.49. The van der Waals surface area contributed by atoms with E-state index < -0.39 is 0 Å². The molecule has 1 aliphatic heterocycles. The van der Waals surface area contributed by atoms with Crippen LogP contribution in [0, 0.1) is 11.8 Å². The number of nitrogens with zero attached hydrogens (tertiary/aromatic N) is 1. The molecule has 2 nitrogen and oxygen atoms in total. The van der Waals surface area contributed by atoms with Crippen LogP contribution in [-0.4, -0.2) is 23.9 Å². The normalized spacial score (nSPS) is 24.1. The number of thiol groups is 1. The Kier molecular flexibility index (Phi) is 3.77. The Bertz CT molecular complexity index is 391. The molecule has 17 heavy (non-hydrogen) atoms. The zero-order chi connectivity index (χ0) is 12.4. The van der Waals surface area contributed by atoms with Gasteiger partial charge in [0.2, 0.25) is 5.91 Å². The van der Waals surface area contributed by atoms with Gasteiger partial charge < -0.3 is 4.90 Å². The molecule has 1 aromatic rings. The standard InChI is InChI=1S/C14H19NOS/c1-10-8-15(9-11(10)2)14(16)7-12-3-5-13(17)6-4-12/h3-6,10-11,17H,7-9H2,1-2H3. The summed E-state index contributed by atoms with van der Waals surface area (Å²) in [5.41, 5.74) is 1.07. The van der Waals surface area contributed by atoms with Crippen LogP contribution in [0.4, 0.5) is 0 Å². The summed E-state index contributed by atoms with van der Waals surface area (Å²) in [4.78, 5) is 15.0. The highest BCUT2D eigenvalue weighted by molar-refractivity contribution is 7.80. The third-order valence-corrected chi connectivity index (χ3v) is 3.93. The molecule has 2 unspecified atom stereocenters. The molecule has 1 fully saturated rings. The fraction of sp³-hybridized carbons (Fsp3) is 0.500. The van der Waals surface area contributed by atoms with E-state index in [0.29, 0.717) is 18.3 Å². The Morgan fingerprint density at radius 1 is 1.24 bits per heavy atom. The summed E-state index contributed by atoms with van der Waals surface area (Å²) in [6, 6.07) is 7.81. The molecule has 1 aliphatic rings. The third-order valence-electron chi connectivity index (χ3n) is 3.63. The predicted molar refractivity (Wildman–Crippen MR) is 72.3 cm³/mol. The molecule has 3 heteroatoms. The Morgan fingerprint density at radius 3 is 2.29 bits per heavy atom. The van der Waals surface area contributed by atoms with Crippen molar-refractivity contribution in [3.63, 3.8) is 0 Å². The minimum absolute atomic E-state index is 0.244. The van der Waals surface area contributed by atoms with E-state index in [2.05, 4.69) is 26.5 Å². The zero-order valence-electron chi connectivity index (χ0n) is 10.4. The first kappa shape index (κ1) is 12.5. The predicted octanol–water partition coefficient (Wildman–Crippen LogP) is 2.63. The first-order chi connectivity index (χ1) is 8.06. The molecule has 2 rings (SSSR count). The van der Waals surface area contributed by atoms with E-state index in [-0.39, 0.29) is 5.91 Å². The van der Waals surface area contributed by atoms with Gasteiger partial charge in [0.25, 0.3) is 0 Å². The van der Waals surface area contributed by atoms with E-state index in [1.165, 1.54) is 0 Å². The highest BCUT2D eigenvalue weighted by Gasteiger charge is 2.28. The van der Waals surface area contributed by atoms with Crippen molar-refractivity contribution < 1.29 is 4.79 Å². The van der Waals surface area contributed by atoms with E-state index in [4.69, 9.17) is 0 Å². The van der Waals surface area contributed by atoms with Gasteiger partial charge in [-0.3, -0.25) is 4.79 Å². The summed E-state index contributed by atoms with van der Waals surface area (Å²) >= 11 is 4.24. The second-order valence-corrected chi connectivity index (χ2v) is 5.61. The van der Waals surface area contributed by atoms with Gasteiger partial charge in [0, 0.05) is 18.0 Å². The Balaban J connectivity index is 1.96. The Hall–Kier alpha value is -0.960. The van der Waals surface area contributed by atoms with E-state index in [1.807, 2.05) is 29.2 Å². The quantitative estimate of drug-likeness (QED) is 0.799. The Morgan fingerprint density at radius 2 is 1.76 bits per heavy atom. The molecule has 0 saturated carbocycles. The number of hydrogen-bond donors (Lipinski definition) is 1. The monoisotopic (exact) mass is 249 g/mol. The maximum absolute atomic E-state index is 12.1. The van der Waals surface area contributed by atoms with Gasteiger partial charge in [0.1, 0.15) is 0 Å². The van der Waals surface area contributed by atoms with Gasteiger partial charge in [-0.2, -0.15) is 0 Å². The van der Waals surface area contributed by atoms with Crippen LogP contribution in [0.3, 0.4) is 0 Å². The van der Waals surface area contributed by atoms with E-state index in [9.17, 15) is 4.79 Å². The van der Waals surface area contributed by atoms with Gasteiger partial charge in [0.15, 0.2) is 0 Å². The first-order valence-electron chi connectivity index (χ1n) is 6.12. The number of likely N-dealkylation sites (tertiary alicyclic amines) is 1. The summed E-state index contributed by atoms with van der Waals surface area (Å²) in [7, 11) is 0. The van der Waals surface area contributed by atoms with Gasteiger partial charge in [-0.1, -0.05) is 26.0 Å². The number of benzene rings is 1. The number of amides is 1. The van der Waals surface area contributed by atoms with E-state index in [0.717, 1.165) is 23.5 Å².